The second kappa shape index (κ2) is 9.35. The van der Waals surface area contributed by atoms with Crippen molar-refractivity contribution >= 4 is 29.1 Å². The second-order valence-electron chi connectivity index (χ2n) is 6.32. The summed E-state index contributed by atoms with van der Waals surface area (Å²) in [4.78, 5) is 16.2. The number of rotatable bonds is 7. The third-order valence-corrected chi connectivity index (χ3v) is 4.45. The van der Waals surface area contributed by atoms with E-state index >= 15 is 0 Å². The fourth-order valence-corrected chi connectivity index (χ4v) is 2.70. The lowest BCUT2D eigenvalue weighted by Gasteiger charge is -2.11. The number of benzene rings is 1. The summed E-state index contributed by atoms with van der Waals surface area (Å²) in [7, 11) is 0. The highest BCUT2D eigenvalue weighted by molar-refractivity contribution is 6.33. The molecule has 0 bridgehead atoms. The van der Waals surface area contributed by atoms with Crippen LogP contribution in [0.15, 0.2) is 34.9 Å². The van der Waals surface area contributed by atoms with Gasteiger partial charge in [0.25, 0.3) is 0 Å². The summed E-state index contributed by atoms with van der Waals surface area (Å²) in [5.41, 5.74) is 3.56. The molecule has 1 aromatic carbocycles. The third-order valence-electron chi connectivity index (χ3n) is 4.16. The molecule has 0 saturated heterocycles. The molecule has 9 nitrogen and oxygen atoms in total. The van der Waals surface area contributed by atoms with Crippen LogP contribution in [0.5, 0.6) is 0 Å². The van der Waals surface area contributed by atoms with Crippen molar-refractivity contribution in [3.05, 3.63) is 52.5 Å². The number of hydrogen-bond donors (Lipinski definition) is 4. The molecule has 0 saturated carbocycles. The largest absolute Gasteiger partial charge is 0.418 e. The first kappa shape index (κ1) is 20.6. The Hall–Kier alpha value is -3.17. The Morgan fingerprint density at radius 3 is 2.69 bits per heavy atom. The van der Waals surface area contributed by atoms with Crippen LogP contribution in [0.3, 0.4) is 0 Å². The summed E-state index contributed by atoms with van der Waals surface area (Å²) >= 11 is 6.23. The average Bonchev–Trinajstić information content (AvgIpc) is 3.18. The molecule has 3 aromatic rings. The topological polar surface area (TPSA) is 125 Å². The molecule has 2 heterocycles. The first-order valence-corrected chi connectivity index (χ1v) is 9.29. The summed E-state index contributed by atoms with van der Waals surface area (Å²) in [6.45, 7) is 4.48. The molecule has 29 heavy (non-hydrogen) atoms. The molecule has 4 N–H and O–H groups in total. The van der Waals surface area contributed by atoms with Gasteiger partial charge in [0, 0.05) is 25.0 Å². The maximum Gasteiger partial charge on any atom is 0.319 e. The van der Waals surface area contributed by atoms with Gasteiger partial charge in [0.05, 0.1) is 10.6 Å². The first-order chi connectivity index (χ1) is 14.0. The van der Waals surface area contributed by atoms with Crippen molar-refractivity contribution in [2.24, 2.45) is 0 Å². The number of urea groups is 1. The zero-order valence-corrected chi connectivity index (χ0v) is 16.7. The Bertz CT molecular complexity index is 1010. The summed E-state index contributed by atoms with van der Waals surface area (Å²) in [5, 5.41) is 25.4. The summed E-state index contributed by atoms with van der Waals surface area (Å²) in [6.07, 6.45) is 1.53. The van der Waals surface area contributed by atoms with Crippen molar-refractivity contribution in [2.75, 3.05) is 23.7 Å². The number of carbonyl (C=O) groups excluding carboxylic acids is 1. The van der Waals surface area contributed by atoms with Gasteiger partial charge in [-0.05, 0) is 43.2 Å². The predicted octanol–water partition coefficient (Wildman–Crippen LogP) is 3.13. The number of carbonyl (C=O) groups is 1. The summed E-state index contributed by atoms with van der Waals surface area (Å²) < 4.78 is 5.26. The van der Waals surface area contributed by atoms with Gasteiger partial charge in [-0.15, -0.1) is 10.2 Å². The van der Waals surface area contributed by atoms with E-state index in [1.807, 2.05) is 32.0 Å². The average molecular weight is 417 g/mol. The molecule has 0 aliphatic carbocycles. The van der Waals surface area contributed by atoms with Gasteiger partial charge in [0.15, 0.2) is 0 Å². The molecule has 0 atom stereocenters. The van der Waals surface area contributed by atoms with E-state index in [4.69, 9.17) is 21.1 Å². The van der Waals surface area contributed by atoms with Gasteiger partial charge in [-0.1, -0.05) is 17.7 Å². The van der Waals surface area contributed by atoms with Gasteiger partial charge < -0.3 is 25.5 Å². The number of amides is 2. The van der Waals surface area contributed by atoms with E-state index in [9.17, 15) is 4.79 Å². The van der Waals surface area contributed by atoms with Gasteiger partial charge >= 0.3 is 6.03 Å². The molecule has 2 amide bonds. The molecule has 10 heteroatoms. The van der Waals surface area contributed by atoms with E-state index in [1.54, 1.807) is 6.07 Å². The minimum Gasteiger partial charge on any atom is -0.418 e. The van der Waals surface area contributed by atoms with Crippen LogP contribution in [-0.4, -0.2) is 39.4 Å². The monoisotopic (exact) mass is 416 g/mol. The third kappa shape index (κ3) is 5.43. The zero-order valence-electron chi connectivity index (χ0n) is 16.0. The molecule has 0 unspecified atom stereocenters. The van der Waals surface area contributed by atoms with E-state index in [-0.39, 0.29) is 24.4 Å². The van der Waals surface area contributed by atoms with Crippen LogP contribution in [0.2, 0.25) is 5.02 Å². The Labute approximate surface area is 172 Å². The number of nitrogens with zero attached hydrogens (tertiary/aromatic N) is 3. The lowest BCUT2D eigenvalue weighted by atomic mass is 10.1. The van der Waals surface area contributed by atoms with Crippen LogP contribution in [0, 0.1) is 13.8 Å². The van der Waals surface area contributed by atoms with Crippen LogP contribution >= 0.6 is 11.6 Å². The highest BCUT2D eigenvalue weighted by atomic mass is 35.5. The maximum absolute atomic E-state index is 12.0. The molecular formula is C19H21ClN6O3. The number of aromatic nitrogens is 3. The molecule has 0 aliphatic rings. The second-order valence-corrected chi connectivity index (χ2v) is 6.73. The molecule has 0 aliphatic heterocycles. The van der Waals surface area contributed by atoms with E-state index in [0.29, 0.717) is 29.5 Å². The van der Waals surface area contributed by atoms with Crippen LogP contribution < -0.4 is 16.0 Å². The van der Waals surface area contributed by atoms with E-state index in [0.717, 1.165) is 11.3 Å². The molecule has 2 aromatic heterocycles. The lowest BCUT2D eigenvalue weighted by Crippen LogP contribution is -2.32. The van der Waals surface area contributed by atoms with Gasteiger partial charge in [-0.2, -0.15) is 0 Å². The fourth-order valence-electron chi connectivity index (χ4n) is 2.47. The van der Waals surface area contributed by atoms with E-state index in [1.165, 1.54) is 11.8 Å². The quantitative estimate of drug-likeness (QED) is 0.436. The fraction of sp³-hybridized carbons (Fsp3) is 0.263. The molecular weight excluding hydrogens is 396 g/mol. The highest BCUT2D eigenvalue weighted by Crippen LogP contribution is 2.25. The van der Waals surface area contributed by atoms with Crippen molar-refractivity contribution < 1.29 is 14.3 Å². The maximum atomic E-state index is 12.0. The first-order valence-electron chi connectivity index (χ1n) is 8.91. The number of anilines is 2. The van der Waals surface area contributed by atoms with Crippen molar-refractivity contribution in [1.29, 1.82) is 0 Å². The van der Waals surface area contributed by atoms with Gasteiger partial charge in [-0.3, -0.25) is 0 Å². The van der Waals surface area contributed by atoms with Crippen molar-refractivity contribution in [3.8, 4) is 11.5 Å². The Morgan fingerprint density at radius 2 is 2.00 bits per heavy atom. The van der Waals surface area contributed by atoms with Gasteiger partial charge in [-0.25, -0.2) is 9.78 Å². The molecule has 3 rings (SSSR count). The number of aryl methyl sites for hydroxylation is 2. The van der Waals surface area contributed by atoms with E-state index in [2.05, 4.69) is 31.1 Å². The lowest BCUT2D eigenvalue weighted by molar-refractivity contribution is 0.241. The SMILES string of the molecule is Cc1ccc(NC(=O)NCCNc2ncc(-c3nnc(CO)o3)cc2Cl)cc1C. The van der Waals surface area contributed by atoms with Crippen LogP contribution in [0.25, 0.3) is 11.5 Å². The Balaban J connectivity index is 1.47. The number of aliphatic hydroxyl groups excluding tert-OH is 1. The highest BCUT2D eigenvalue weighted by Gasteiger charge is 2.11. The van der Waals surface area contributed by atoms with Gasteiger partial charge in [0.2, 0.25) is 11.8 Å². The van der Waals surface area contributed by atoms with Crippen molar-refractivity contribution in [3.63, 3.8) is 0 Å². The molecule has 0 spiro atoms. The predicted molar refractivity (Wildman–Crippen MR) is 110 cm³/mol. The van der Waals surface area contributed by atoms with E-state index < -0.39 is 0 Å². The minimum absolute atomic E-state index is 0.114. The van der Waals surface area contributed by atoms with Crippen LogP contribution in [0.1, 0.15) is 17.0 Å². The zero-order chi connectivity index (χ0) is 20.8. The smallest absolute Gasteiger partial charge is 0.319 e. The number of pyridine rings is 1. The normalized spacial score (nSPS) is 10.6. The number of hydrogen-bond acceptors (Lipinski definition) is 7. The number of nitrogens with one attached hydrogen (secondary N) is 3. The number of halogens is 1. The molecule has 0 fully saturated rings. The minimum atomic E-state index is -0.335. The van der Waals surface area contributed by atoms with Crippen LogP contribution in [-0.2, 0) is 6.61 Å². The standard InChI is InChI=1S/C19H21ClN6O3/c1-11-3-4-14(7-12(11)2)24-19(28)22-6-5-21-17-15(20)8-13(9-23-17)18-26-25-16(10-27)29-18/h3-4,7-9,27H,5-6,10H2,1-2H3,(H,21,23)(H2,22,24,28). The van der Waals surface area contributed by atoms with Gasteiger partial charge in [0.1, 0.15) is 12.4 Å². The number of aliphatic hydroxyl groups is 1. The Kier molecular flexibility index (Phi) is 6.63. The summed E-state index contributed by atoms with van der Waals surface area (Å²) in [5.74, 6) is 0.803. The molecule has 152 valence electrons. The summed E-state index contributed by atoms with van der Waals surface area (Å²) in [6, 6.07) is 7.08. The van der Waals surface area contributed by atoms with Crippen molar-refractivity contribution in [1.82, 2.24) is 20.5 Å². The van der Waals surface area contributed by atoms with Crippen LogP contribution in [0.4, 0.5) is 16.3 Å². The Morgan fingerprint density at radius 1 is 1.17 bits per heavy atom. The van der Waals surface area contributed by atoms with Crippen molar-refractivity contribution in [2.45, 2.75) is 20.5 Å². The molecule has 0 radical (unpaired) electrons.